The van der Waals surface area contributed by atoms with Crippen molar-refractivity contribution in [2.24, 2.45) is 5.10 Å². The zero-order chi connectivity index (χ0) is 18.5. The van der Waals surface area contributed by atoms with Crippen molar-refractivity contribution in [1.82, 2.24) is 14.9 Å². The van der Waals surface area contributed by atoms with E-state index in [-0.39, 0.29) is 5.69 Å². The van der Waals surface area contributed by atoms with Gasteiger partial charge in [-0.2, -0.15) is 14.9 Å². The molecule has 0 atom stereocenters. The van der Waals surface area contributed by atoms with Gasteiger partial charge < -0.3 is 0 Å². The highest BCUT2D eigenvalue weighted by atomic mass is 35.5. The molecule has 1 N–H and O–H groups in total. The number of hydrogen-bond donors (Lipinski definition) is 1. The van der Waals surface area contributed by atoms with Crippen molar-refractivity contribution in [1.29, 1.82) is 0 Å². The van der Waals surface area contributed by atoms with Crippen molar-refractivity contribution in [2.75, 3.05) is 0 Å². The SMILES string of the molecule is O=[N+]([O-])c1ccccc1C=CC=Nn1c(-c2cccc(Cl)c2)n[nH]c1=S. The van der Waals surface area contributed by atoms with Crippen LogP contribution in [0.3, 0.4) is 0 Å². The van der Waals surface area contributed by atoms with Crippen LogP contribution in [0.4, 0.5) is 5.69 Å². The fourth-order valence-corrected chi connectivity index (χ4v) is 2.63. The van der Waals surface area contributed by atoms with Crippen LogP contribution in [-0.4, -0.2) is 26.0 Å². The van der Waals surface area contributed by atoms with Crippen molar-refractivity contribution >= 4 is 41.8 Å². The minimum Gasteiger partial charge on any atom is -0.258 e. The maximum Gasteiger partial charge on any atom is 0.276 e. The molecule has 1 aromatic heterocycles. The first-order chi connectivity index (χ1) is 12.6. The number of benzene rings is 2. The van der Waals surface area contributed by atoms with Gasteiger partial charge in [0.15, 0.2) is 5.82 Å². The number of nitrogens with one attached hydrogen (secondary N) is 1. The summed E-state index contributed by atoms with van der Waals surface area (Å²) in [5, 5.41) is 22.7. The molecular formula is C17H12ClN5O2S. The van der Waals surface area contributed by atoms with Crippen LogP contribution in [0.2, 0.25) is 5.02 Å². The number of allylic oxidation sites excluding steroid dienone is 1. The molecule has 3 rings (SSSR count). The zero-order valence-electron chi connectivity index (χ0n) is 13.2. The highest BCUT2D eigenvalue weighted by molar-refractivity contribution is 7.71. The highest BCUT2D eigenvalue weighted by Crippen LogP contribution is 2.21. The second-order valence-electron chi connectivity index (χ2n) is 5.11. The van der Waals surface area contributed by atoms with Crippen LogP contribution >= 0.6 is 23.8 Å². The fraction of sp³-hybridized carbons (Fsp3) is 0. The summed E-state index contributed by atoms with van der Waals surface area (Å²) in [6, 6.07) is 13.6. The third-order valence-corrected chi connectivity index (χ3v) is 3.91. The van der Waals surface area contributed by atoms with Gasteiger partial charge in [0.2, 0.25) is 4.77 Å². The van der Waals surface area contributed by atoms with Gasteiger partial charge in [-0.25, -0.2) is 5.10 Å². The van der Waals surface area contributed by atoms with Crippen molar-refractivity contribution < 1.29 is 4.92 Å². The van der Waals surface area contributed by atoms with Crippen LogP contribution in [0.1, 0.15) is 5.56 Å². The van der Waals surface area contributed by atoms with Crippen molar-refractivity contribution in [3.8, 4) is 11.4 Å². The molecule has 0 unspecified atom stereocenters. The first-order valence-electron chi connectivity index (χ1n) is 7.44. The Balaban J connectivity index is 1.88. The highest BCUT2D eigenvalue weighted by Gasteiger charge is 2.09. The van der Waals surface area contributed by atoms with Gasteiger partial charge in [0.1, 0.15) is 0 Å². The van der Waals surface area contributed by atoms with Crippen LogP contribution in [-0.2, 0) is 0 Å². The van der Waals surface area contributed by atoms with Crippen LogP contribution in [0.15, 0.2) is 59.7 Å². The van der Waals surface area contributed by atoms with E-state index >= 15 is 0 Å². The lowest BCUT2D eigenvalue weighted by molar-refractivity contribution is -0.385. The molecule has 0 aliphatic heterocycles. The molecule has 0 spiro atoms. The molecule has 0 aliphatic carbocycles. The topological polar surface area (TPSA) is 89.1 Å². The molecule has 26 heavy (non-hydrogen) atoms. The smallest absolute Gasteiger partial charge is 0.258 e. The maximum atomic E-state index is 11.0. The van der Waals surface area contributed by atoms with Gasteiger partial charge in [-0.05, 0) is 42.6 Å². The molecule has 0 radical (unpaired) electrons. The van der Waals surface area contributed by atoms with E-state index in [2.05, 4.69) is 15.3 Å². The van der Waals surface area contributed by atoms with Gasteiger partial charge in [-0.1, -0.05) is 35.9 Å². The second kappa shape index (κ2) is 7.85. The summed E-state index contributed by atoms with van der Waals surface area (Å²) in [4.78, 5) is 10.6. The maximum absolute atomic E-state index is 11.0. The molecule has 0 fully saturated rings. The molecule has 3 aromatic rings. The predicted octanol–water partition coefficient (Wildman–Crippen LogP) is 4.72. The van der Waals surface area contributed by atoms with Gasteiger partial charge >= 0.3 is 0 Å². The Hall–Kier alpha value is -3.10. The lowest BCUT2D eigenvalue weighted by Crippen LogP contribution is -1.93. The summed E-state index contributed by atoms with van der Waals surface area (Å²) in [7, 11) is 0. The largest absolute Gasteiger partial charge is 0.276 e. The van der Waals surface area contributed by atoms with E-state index in [1.54, 1.807) is 48.6 Å². The quantitative estimate of drug-likeness (QED) is 0.298. The fourth-order valence-electron chi connectivity index (χ4n) is 2.26. The zero-order valence-corrected chi connectivity index (χ0v) is 14.8. The minimum absolute atomic E-state index is 0.0247. The van der Waals surface area contributed by atoms with Crippen molar-refractivity contribution in [3.63, 3.8) is 0 Å². The summed E-state index contributed by atoms with van der Waals surface area (Å²) < 4.78 is 1.76. The van der Waals surface area contributed by atoms with Crippen molar-refractivity contribution in [3.05, 3.63) is 80.1 Å². The number of nitrogens with zero attached hydrogens (tertiary/aromatic N) is 4. The van der Waals surface area contributed by atoms with Crippen LogP contribution in [0.5, 0.6) is 0 Å². The van der Waals surface area contributed by atoms with Gasteiger partial charge in [-0.3, -0.25) is 10.1 Å². The number of para-hydroxylation sites is 1. The molecule has 9 heteroatoms. The van der Waals surface area contributed by atoms with Crippen LogP contribution < -0.4 is 0 Å². The second-order valence-corrected chi connectivity index (χ2v) is 5.94. The Morgan fingerprint density at radius 3 is 2.85 bits per heavy atom. The van der Waals surface area contributed by atoms with E-state index in [1.165, 1.54) is 17.0 Å². The molecule has 0 bridgehead atoms. The lowest BCUT2D eigenvalue weighted by Gasteiger charge is -2.00. The standard InChI is InChI=1S/C17H12ClN5O2S/c18-14-8-3-6-13(11-14)16-20-21-17(26)22(16)19-10-4-7-12-5-1-2-9-15(12)23(24)25/h1-11H,(H,21,26). The monoisotopic (exact) mass is 385 g/mol. The number of aromatic amines is 1. The van der Waals surface area contributed by atoms with Gasteiger partial charge in [0, 0.05) is 22.9 Å². The summed E-state index contributed by atoms with van der Waals surface area (Å²) in [5.41, 5.74) is 1.26. The average molecular weight is 386 g/mol. The Labute approximate surface area is 158 Å². The first kappa shape index (κ1) is 17.7. The molecule has 2 aromatic carbocycles. The Kier molecular flexibility index (Phi) is 5.35. The van der Waals surface area contributed by atoms with Crippen molar-refractivity contribution in [2.45, 2.75) is 0 Å². The van der Waals surface area contributed by atoms with Crippen LogP contribution in [0, 0.1) is 14.9 Å². The number of aromatic nitrogens is 3. The molecule has 0 saturated heterocycles. The van der Waals surface area contributed by atoms with E-state index in [1.807, 2.05) is 6.07 Å². The molecule has 130 valence electrons. The van der Waals surface area contributed by atoms with Gasteiger partial charge in [0.05, 0.1) is 10.5 Å². The molecular weight excluding hydrogens is 374 g/mol. The summed E-state index contributed by atoms with van der Waals surface area (Å²) >= 11 is 11.2. The van der Waals surface area contributed by atoms with E-state index < -0.39 is 4.92 Å². The molecule has 0 amide bonds. The molecule has 0 saturated carbocycles. The average Bonchev–Trinajstić information content (AvgIpc) is 2.99. The Morgan fingerprint density at radius 1 is 1.27 bits per heavy atom. The summed E-state index contributed by atoms with van der Waals surface area (Å²) in [6.07, 6.45) is 4.68. The van der Waals surface area contributed by atoms with Gasteiger partial charge in [0.25, 0.3) is 5.69 Å². The third kappa shape index (κ3) is 3.93. The van der Waals surface area contributed by atoms with Crippen LogP contribution in [0.25, 0.3) is 17.5 Å². The Bertz CT molecular complexity index is 1070. The molecule has 1 heterocycles. The minimum atomic E-state index is -0.430. The number of H-pyrrole nitrogens is 1. The van der Waals surface area contributed by atoms with E-state index in [0.29, 0.717) is 21.2 Å². The number of nitro benzene ring substituents is 1. The van der Waals surface area contributed by atoms with Gasteiger partial charge in [-0.15, -0.1) is 0 Å². The number of nitro groups is 1. The molecule has 0 aliphatic rings. The Morgan fingerprint density at radius 2 is 2.08 bits per heavy atom. The molecule has 7 nitrogen and oxygen atoms in total. The van der Waals surface area contributed by atoms with E-state index in [4.69, 9.17) is 23.8 Å². The number of hydrogen-bond acceptors (Lipinski definition) is 5. The summed E-state index contributed by atoms with van der Waals surface area (Å²) in [6.45, 7) is 0. The van der Waals surface area contributed by atoms with E-state index in [0.717, 1.165) is 5.56 Å². The third-order valence-electron chi connectivity index (χ3n) is 3.41. The van der Waals surface area contributed by atoms with E-state index in [9.17, 15) is 10.1 Å². The summed E-state index contributed by atoms with van der Waals surface area (Å²) in [5.74, 6) is 0.507. The number of rotatable bonds is 5. The first-order valence-corrected chi connectivity index (χ1v) is 8.22. The predicted molar refractivity (Wildman–Crippen MR) is 104 cm³/mol. The lowest BCUT2D eigenvalue weighted by atomic mass is 10.2. The number of halogens is 1. The normalized spacial score (nSPS) is 11.4.